The number of Topliss-reactive ketones (excluding diaryl/α,β-unsaturated/α-hetero) is 1. The van der Waals surface area contributed by atoms with Gasteiger partial charge in [-0.15, -0.1) is 0 Å². The summed E-state index contributed by atoms with van der Waals surface area (Å²) in [4.78, 5) is 12.0. The molecule has 0 heterocycles. The molecule has 0 aromatic rings. The molecule has 0 saturated heterocycles. The fourth-order valence-corrected chi connectivity index (χ4v) is 8.67. The Bertz CT molecular complexity index is 665. The van der Waals surface area contributed by atoms with E-state index in [0.717, 1.165) is 57.8 Å². The van der Waals surface area contributed by atoms with Crippen LogP contribution in [0, 0.1) is 46.8 Å². The fourth-order valence-electron chi connectivity index (χ4n) is 8.67. The number of alkyl halides is 3. The fraction of sp³-hybridized carbons (Fsp3) is 0.958. The van der Waals surface area contributed by atoms with E-state index in [2.05, 4.69) is 6.92 Å². The van der Waals surface area contributed by atoms with Crippen molar-refractivity contribution < 1.29 is 27.8 Å². The largest absolute Gasteiger partial charge is 0.450 e. The molecule has 3 nitrogen and oxygen atoms in total. The zero-order valence-corrected chi connectivity index (χ0v) is 18.5. The summed E-state index contributed by atoms with van der Waals surface area (Å²) in [5, 5.41) is 10.9. The summed E-state index contributed by atoms with van der Waals surface area (Å²) in [6, 6.07) is 0. The van der Waals surface area contributed by atoms with Crippen LogP contribution in [0.2, 0.25) is 0 Å². The summed E-state index contributed by atoms with van der Waals surface area (Å²) >= 11 is 0. The highest BCUT2D eigenvalue weighted by Gasteiger charge is 2.60. The number of halogens is 3. The van der Waals surface area contributed by atoms with E-state index in [9.17, 15) is 23.1 Å². The van der Waals surface area contributed by atoms with Crippen LogP contribution in [0.25, 0.3) is 0 Å². The van der Waals surface area contributed by atoms with Crippen LogP contribution in [0.3, 0.4) is 0 Å². The molecule has 0 bridgehead atoms. The lowest BCUT2D eigenvalue weighted by atomic mass is 9.48. The molecule has 4 rings (SSSR count). The Kier molecular flexibility index (Phi) is 5.83. The van der Waals surface area contributed by atoms with Gasteiger partial charge in [0.25, 0.3) is 0 Å². The molecule has 30 heavy (non-hydrogen) atoms. The zero-order valence-electron chi connectivity index (χ0n) is 18.5. The lowest BCUT2D eigenvalue weighted by Crippen LogP contribution is -2.52. The molecular formula is C24H37F3O3. The highest BCUT2D eigenvalue weighted by molar-refractivity contribution is 5.86. The van der Waals surface area contributed by atoms with Crippen LogP contribution in [0.15, 0.2) is 0 Å². The first kappa shape index (κ1) is 22.6. The Balaban J connectivity index is 1.49. The molecule has 4 fully saturated rings. The lowest BCUT2D eigenvalue weighted by molar-refractivity contribution is -0.179. The molecular weight excluding hydrogens is 393 g/mol. The minimum absolute atomic E-state index is 0.153. The van der Waals surface area contributed by atoms with Crippen LogP contribution in [-0.4, -0.2) is 36.4 Å². The van der Waals surface area contributed by atoms with E-state index >= 15 is 0 Å². The van der Waals surface area contributed by atoms with Gasteiger partial charge >= 0.3 is 6.18 Å². The van der Waals surface area contributed by atoms with Crippen molar-refractivity contribution in [3.8, 4) is 0 Å². The Hall–Kier alpha value is -0.620. The van der Waals surface area contributed by atoms with Gasteiger partial charge in [-0.25, -0.2) is 0 Å². The molecule has 0 spiro atoms. The molecule has 172 valence electrons. The lowest BCUT2D eigenvalue weighted by Gasteiger charge is -2.57. The van der Waals surface area contributed by atoms with E-state index < -0.39 is 23.5 Å². The first-order valence-electron chi connectivity index (χ1n) is 11.8. The summed E-state index contributed by atoms with van der Waals surface area (Å²) < 4.78 is 44.5. The number of fused-ring (bicyclic) bond motifs is 5. The van der Waals surface area contributed by atoms with Gasteiger partial charge in [0.15, 0.2) is 0 Å². The minimum Gasteiger partial charge on any atom is -0.387 e. The van der Waals surface area contributed by atoms with Gasteiger partial charge in [-0.3, -0.25) is 4.79 Å². The second kappa shape index (κ2) is 7.75. The number of methoxy groups -OCH3 is 1. The van der Waals surface area contributed by atoms with E-state index in [1.807, 2.05) is 0 Å². The van der Waals surface area contributed by atoms with Crippen molar-refractivity contribution in [1.29, 1.82) is 0 Å². The summed E-state index contributed by atoms with van der Waals surface area (Å²) in [6.07, 6.45) is 3.82. The van der Waals surface area contributed by atoms with E-state index in [0.29, 0.717) is 36.2 Å². The zero-order chi connectivity index (χ0) is 21.9. The van der Waals surface area contributed by atoms with Gasteiger partial charge in [0, 0.05) is 13.0 Å². The number of ketones is 1. The van der Waals surface area contributed by atoms with Crippen molar-refractivity contribution in [1.82, 2.24) is 0 Å². The van der Waals surface area contributed by atoms with Crippen molar-refractivity contribution in [3.05, 3.63) is 0 Å². The number of carbonyl (C=O) groups excluding carboxylic acids is 1. The van der Waals surface area contributed by atoms with Crippen molar-refractivity contribution in [2.45, 2.75) is 83.4 Å². The quantitative estimate of drug-likeness (QED) is 0.650. The third-order valence-corrected chi connectivity index (χ3v) is 9.89. The highest BCUT2D eigenvalue weighted by atomic mass is 19.4. The molecule has 4 aliphatic rings. The number of aliphatic hydroxyl groups is 1. The Labute approximate surface area is 178 Å². The van der Waals surface area contributed by atoms with Crippen LogP contribution < -0.4 is 0 Å². The maximum atomic E-state index is 13.1. The average Bonchev–Trinajstić information content (AvgIpc) is 3.03. The van der Waals surface area contributed by atoms with E-state index in [4.69, 9.17) is 4.74 Å². The van der Waals surface area contributed by atoms with Crippen LogP contribution in [0.1, 0.15) is 71.6 Å². The molecule has 0 aliphatic heterocycles. The molecule has 9 atom stereocenters. The SMILES string of the molecule is COC[C@]1(O)CC[C@H]2[C@H](CC[C@@H]3[C@@H]2CC[C@]2(C)[C@@H]([C@H](C)C(=O)C(F)(F)F)CC[C@@H]32)C1. The maximum Gasteiger partial charge on any atom is 0.450 e. The van der Waals surface area contributed by atoms with Crippen molar-refractivity contribution in [3.63, 3.8) is 0 Å². The first-order valence-corrected chi connectivity index (χ1v) is 11.8. The van der Waals surface area contributed by atoms with Crippen molar-refractivity contribution in [2.24, 2.45) is 46.8 Å². The van der Waals surface area contributed by atoms with Crippen molar-refractivity contribution in [2.75, 3.05) is 13.7 Å². The normalized spacial score (nSPS) is 47.2. The minimum atomic E-state index is -4.73. The molecule has 0 amide bonds. The van der Waals surface area contributed by atoms with Gasteiger partial charge in [0.1, 0.15) is 0 Å². The maximum absolute atomic E-state index is 13.1. The summed E-state index contributed by atoms with van der Waals surface area (Å²) in [6.45, 7) is 4.09. The monoisotopic (exact) mass is 430 g/mol. The Morgan fingerprint density at radius 1 is 1.07 bits per heavy atom. The second-order valence-electron chi connectivity index (χ2n) is 11.2. The van der Waals surface area contributed by atoms with E-state index in [1.165, 1.54) is 6.92 Å². The van der Waals surface area contributed by atoms with Gasteiger partial charge in [-0.05, 0) is 98.7 Å². The number of rotatable bonds is 4. The van der Waals surface area contributed by atoms with Gasteiger partial charge in [0.05, 0.1) is 12.2 Å². The van der Waals surface area contributed by atoms with Gasteiger partial charge in [-0.2, -0.15) is 13.2 Å². The highest BCUT2D eigenvalue weighted by Crippen LogP contribution is 2.65. The summed E-state index contributed by atoms with van der Waals surface area (Å²) in [5.41, 5.74) is -0.850. The number of ether oxygens (including phenoxy) is 1. The number of hydrogen-bond acceptors (Lipinski definition) is 3. The van der Waals surface area contributed by atoms with Crippen LogP contribution in [0.5, 0.6) is 0 Å². The number of hydrogen-bond donors (Lipinski definition) is 1. The van der Waals surface area contributed by atoms with Gasteiger partial charge in [-0.1, -0.05) is 13.8 Å². The van der Waals surface area contributed by atoms with Gasteiger partial charge < -0.3 is 9.84 Å². The molecule has 4 saturated carbocycles. The topological polar surface area (TPSA) is 46.5 Å². The smallest absolute Gasteiger partial charge is 0.387 e. The summed E-state index contributed by atoms with van der Waals surface area (Å²) in [5.74, 6) is 0.153. The number of carbonyl (C=O) groups is 1. The molecule has 0 aromatic carbocycles. The van der Waals surface area contributed by atoms with Crippen LogP contribution >= 0.6 is 0 Å². The van der Waals surface area contributed by atoms with Gasteiger partial charge in [0.2, 0.25) is 5.78 Å². The average molecular weight is 431 g/mol. The van der Waals surface area contributed by atoms with Crippen LogP contribution in [-0.2, 0) is 9.53 Å². The molecule has 0 aromatic heterocycles. The standard InChI is InChI=1S/C24H37F3O3/c1-14(21(28)24(25,26)27)19-6-7-20-18-5-4-15-12-23(29,13-30-3)11-9-16(15)17(18)8-10-22(19,20)2/h14-20,29H,4-13H2,1-3H3/t14-,15+,16-,17+,18+,19+,20-,22+,23-/m0/s1. The van der Waals surface area contributed by atoms with E-state index in [-0.39, 0.29) is 11.3 Å². The van der Waals surface area contributed by atoms with E-state index in [1.54, 1.807) is 7.11 Å². The van der Waals surface area contributed by atoms with Crippen LogP contribution in [0.4, 0.5) is 13.2 Å². The van der Waals surface area contributed by atoms with Crippen molar-refractivity contribution >= 4 is 5.78 Å². The molecule has 0 radical (unpaired) electrons. The summed E-state index contributed by atoms with van der Waals surface area (Å²) in [7, 11) is 1.64. The third kappa shape index (κ3) is 3.64. The third-order valence-electron chi connectivity index (χ3n) is 9.89. The molecule has 0 unspecified atom stereocenters. The Morgan fingerprint density at radius 3 is 2.43 bits per heavy atom. The Morgan fingerprint density at radius 2 is 1.77 bits per heavy atom. The predicted molar refractivity (Wildman–Crippen MR) is 108 cm³/mol. The molecule has 4 aliphatic carbocycles. The predicted octanol–water partition coefficient (Wildman–Crippen LogP) is 5.40. The molecule has 6 heteroatoms. The second-order valence-corrected chi connectivity index (χ2v) is 11.2. The molecule has 1 N–H and O–H groups in total. The first-order chi connectivity index (χ1) is 14.0.